The molecule has 1 rings (SSSR count). The molecule has 0 radical (unpaired) electrons. The first-order valence-electron chi connectivity index (χ1n) is 9.71. The first-order valence-corrected chi connectivity index (χ1v) is 13.6. The minimum atomic E-state index is -4.25. The second-order valence-corrected chi connectivity index (χ2v) is 12.7. The molecule has 5 heteroatoms. The molecule has 0 heterocycles. The number of benzene rings is 1. The minimum absolute atomic E-state index is 0.185. The van der Waals surface area contributed by atoms with Gasteiger partial charge in [0.1, 0.15) is 10.1 Å². The highest BCUT2D eigenvalue weighted by molar-refractivity contribution is 7.85. The lowest BCUT2D eigenvalue weighted by Gasteiger charge is -2.26. The Kier molecular flexibility index (Phi) is 13.5. The quantitative estimate of drug-likeness (QED) is 0.344. The maximum Gasteiger partial charge on any atom is 0.124 e. The van der Waals surface area contributed by atoms with Crippen molar-refractivity contribution in [3.63, 3.8) is 0 Å². The summed E-state index contributed by atoms with van der Waals surface area (Å²) < 4.78 is 30.8. The van der Waals surface area contributed by atoms with E-state index in [0.717, 1.165) is 0 Å². The Morgan fingerprint density at radius 2 is 1.20 bits per heavy atom. The van der Waals surface area contributed by atoms with E-state index < -0.39 is 17.4 Å². The molecule has 146 valence electrons. The third kappa shape index (κ3) is 11.0. The van der Waals surface area contributed by atoms with Gasteiger partial charge in [-0.05, 0) is 38.3 Å². The summed E-state index contributed by atoms with van der Waals surface area (Å²) >= 11 is 0. The SMILES string of the molecule is CCCC[P+](CC)(CCCC)CCCC.O=S(=O)([O-])c1ccccc1. The van der Waals surface area contributed by atoms with E-state index in [1.807, 2.05) is 0 Å². The summed E-state index contributed by atoms with van der Waals surface area (Å²) in [5.41, 5.74) is 0. The molecule has 0 aliphatic heterocycles. The number of rotatable bonds is 11. The van der Waals surface area contributed by atoms with Crippen LogP contribution in [0, 0.1) is 0 Å². The van der Waals surface area contributed by atoms with Crippen molar-refractivity contribution in [3.05, 3.63) is 30.3 Å². The predicted molar refractivity (Wildman–Crippen MR) is 111 cm³/mol. The van der Waals surface area contributed by atoms with Crippen LogP contribution in [0.3, 0.4) is 0 Å². The Hall–Kier alpha value is -0.440. The van der Waals surface area contributed by atoms with Gasteiger partial charge in [0.25, 0.3) is 0 Å². The van der Waals surface area contributed by atoms with Gasteiger partial charge in [0.15, 0.2) is 0 Å². The molecular weight excluding hydrogens is 351 g/mol. The van der Waals surface area contributed by atoms with Crippen molar-refractivity contribution in [1.82, 2.24) is 0 Å². The molecule has 3 nitrogen and oxygen atoms in total. The summed E-state index contributed by atoms with van der Waals surface area (Å²) in [5, 5.41) is 0. The molecule has 0 aliphatic rings. The third-order valence-corrected chi connectivity index (χ3v) is 10.6. The van der Waals surface area contributed by atoms with Crippen LogP contribution in [-0.2, 0) is 10.1 Å². The summed E-state index contributed by atoms with van der Waals surface area (Å²) in [6, 6.07) is 7.19. The van der Waals surface area contributed by atoms with Crippen LogP contribution in [0.25, 0.3) is 0 Å². The molecular formula is C20H37O3PS. The van der Waals surface area contributed by atoms with Gasteiger partial charge < -0.3 is 4.55 Å². The standard InChI is InChI=1S/C14H32P.C6H6O3S/c1-5-9-12-15(8-4,13-10-6-2)14-11-7-3;7-10(8,9)6-4-2-1-3-5-6/h5-14H2,1-4H3;1-5H,(H,7,8,9)/q+1;/p-1. The van der Waals surface area contributed by atoms with Gasteiger partial charge in [-0.1, -0.05) is 58.2 Å². The lowest BCUT2D eigenvalue weighted by Crippen LogP contribution is -2.11. The van der Waals surface area contributed by atoms with Crippen LogP contribution in [0.4, 0.5) is 0 Å². The number of unbranched alkanes of at least 4 members (excludes halogenated alkanes) is 3. The summed E-state index contributed by atoms with van der Waals surface area (Å²) in [5.74, 6) is 0. The molecule has 0 bridgehead atoms. The fourth-order valence-electron chi connectivity index (χ4n) is 2.88. The van der Waals surface area contributed by atoms with Gasteiger partial charge in [-0.15, -0.1) is 0 Å². The van der Waals surface area contributed by atoms with Crippen LogP contribution in [0.15, 0.2) is 35.2 Å². The second kappa shape index (κ2) is 13.7. The normalized spacial score (nSPS) is 11.7. The number of hydrogen-bond acceptors (Lipinski definition) is 3. The van der Waals surface area contributed by atoms with E-state index >= 15 is 0 Å². The van der Waals surface area contributed by atoms with Crippen LogP contribution < -0.4 is 0 Å². The first kappa shape index (κ1) is 24.6. The highest BCUT2D eigenvalue weighted by atomic mass is 32.2. The van der Waals surface area contributed by atoms with E-state index in [9.17, 15) is 13.0 Å². The van der Waals surface area contributed by atoms with Crippen molar-refractivity contribution in [2.45, 2.75) is 71.1 Å². The molecule has 0 aliphatic carbocycles. The fraction of sp³-hybridized carbons (Fsp3) is 0.700. The van der Waals surface area contributed by atoms with E-state index in [1.54, 1.807) is 24.6 Å². The molecule has 0 saturated heterocycles. The highest BCUT2D eigenvalue weighted by Crippen LogP contribution is 2.60. The Labute approximate surface area is 156 Å². The molecule has 0 N–H and O–H groups in total. The van der Waals surface area contributed by atoms with Gasteiger partial charge in [0.2, 0.25) is 0 Å². The van der Waals surface area contributed by atoms with Gasteiger partial charge in [-0.25, -0.2) is 8.42 Å². The minimum Gasteiger partial charge on any atom is -0.744 e. The summed E-state index contributed by atoms with van der Waals surface area (Å²) in [7, 11) is -4.78. The summed E-state index contributed by atoms with van der Waals surface area (Å²) in [6.45, 7) is 9.46. The maximum atomic E-state index is 10.3. The Morgan fingerprint density at radius 1 is 0.800 bits per heavy atom. The molecule has 0 spiro atoms. The van der Waals surface area contributed by atoms with Crippen molar-refractivity contribution in [1.29, 1.82) is 0 Å². The monoisotopic (exact) mass is 388 g/mol. The van der Waals surface area contributed by atoms with E-state index in [1.165, 1.54) is 69.0 Å². The first-order chi connectivity index (χ1) is 11.8. The van der Waals surface area contributed by atoms with Crippen LogP contribution in [0.2, 0.25) is 0 Å². The molecule has 1 aromatic carbocycles. The highest BCUT2D eigenvalue weighted by Gasteiger charge is 2.32. The molecule has 0 fully saturated rings. The van der Waals surface area contributed by atoms with Crippen LogP contribution in [0.5, 0.6) is 0 Å². The maximum absolute atomic E-state index is 10.3. The van der Waals surface area contributed by atoms with Crippen molar-refractivity contribution in [2.75, 3.05) is 24.6 Å². The van der Waals surface area contributed by atoms with Crippen LogP contribution >= 0.6 is 7.26 Å². The zero-order chi connectivity index (χ0) is 19.2. The Bertz CT molecular complexity index is 507. The van der Waals surface area contributed by atoms with Crippen molar-refractivity contribution in [2.24, 2.45) is 0 Å². The van der Waals surface area contributed by atoms with Crippen molar-refractivity contribution >= 4 is 17.4 Å². The van der Waals surface area contributed by atoms with E-state index in [2.05, 4.69) is 27.7 Å². The predicted octanol–water partition coefficient (Wildman–Crippen LogP) is 6.01. The fourth-order valence-corrected chi connectivity index (χ4v) is 7.95. The van der Waals surface area contributed by atoms with E-state index in [-0.39, 0.29) is 4.90 Å². The smallest absolute Gasteiger partial charge is 0.124 e. The third-order valence-electron chi connectivity index (χ3n) is 4.66. The molecule has 0 atom stereocenters. The molecule has 0 saturated carbocycles. The van der Waals surface area contributed by atoms with Crippen LogP contribution in [0.1, 0.15) is 66.2 Å². The average Bonchev–Trinajstić information content (AvgIpc) is 2.62. The van der Waals surface area contributed by atoms with Crippen molar-refractivity contribution < 1.29 is 13.0 Å². The topological polar surface area (TPSA) is 57.2 Å². The summed E-state index contributed by atoms with van der Waals surface area (Å²) in [4.78, 5) is -0.185. The summed E-state index contributed by atoms with van der Waals surface area (Å²) in [6.07, 6.45) is 14.9. The molecule has 0 aromatic heterocycles. The molecule has 25 heavy (non-hydrogen) atoms. The Balaban J connectivity index is 0.000000496. The zero-order valence-electron chi connectivity index (χ0n) is 16.5. The number of hydrogen-bond donors (Lipinski definition) is 0. The van der Waals surface area contributed by atoms with Crippen molar-refractivity contribution in [3.8, 4) is 0 Å². The Morgan fingerprint density at radius 3 is 1.44 bits per heavy atom. The van der Waals surface area contributed by atoms with Gasteiger partial charge in [0, 0.05) is 7.26 Å². The van der Waals surface area contributed by atoms with Gasteiger partial charge in [-0.2, -0.15) is 0 Å². The average molecular weight is 389 g/mol. The molecule has 1 aromatic rings. The largest absolute Gasteiger partial charge is 0.744 e. The van der Waals surface area contributed by atoms with Gasteiger partial charge >= 0.3 is 0 Å². The lowest BCUT2D eigenvalue weighted by atomic mass is 10.4. The van der Waals surface area contributed by atoms with Gasteiger partial charge in [-0.3, -0.25) is 0 Å². The molecule has 0 unspecified atom stereocenters. The van der Waals surface area contributed by atoms with Gasteiger partial charge in [0.05, 0.1) is 29.5 Å². The van der Waals surface area contributed by atoms with E-state index in [4.69, 9.17) is 0 Å². The zero-order valence-corrected chi connectivity index (χ0v) is 18.2. The molecule has 0 amide bonds. The second-order valence-electron chi connectivity index (χ2n) is 6.66. The van der Waals surface area contributed by atoms with E-state index in [0.29, 0.717) is 0 Å². The van der Waals surface area contributed by atoms with Crippen LogP contribution in [-0.4, -0.2) is 37.6 Å². The lowest BCUT2D eigenvalue weighted by molar-refractivity contribution is 0.463.